The van der Waals surface area contributed by atoms with Gasteiger partial charge < -0.3 is 4.90 Å². The fraction of sp³-hybridized carbons (Fsp3) is 0.344. The minimum absolute atomic E-state index is 0.181. The van der Waals surface area contributed by atoms with E-state index in [9.17, 15) is 14.4 Å². The molecule has 3 saturated heterocycles. The molecule has 3 atom stereocenters. The number of likely N-dealkylation sites (tertiary alicyclic amines) is 2. The highest BCUT2D eigenvalue weighted by atomic mass is 19.1. The van der Waals surface area contributed by atoms with Gasteiger partial charge in [-0.25, -0.2) is 4.39 Å². The van der Waals surface area contributed by atoms with Gasteiger partial charge >= 0.3 is 0 Å². The maximum atomic E-state index is 15.3. The fourth-order valence-electron chi connectivity index (χ4n) is 7.12. The molecule has 204 valence electrons. The first-order valence-electron chi connectivity index (χ1n) is 14.0. The van der Waals surface area contributed by atoms with Gasteiger partial charge in [-0.2, -0.15) is 0 Å². The SMILES string of the molecule is O=C1CCC(N2Cc3cc(CN4C[C@H]5C[C@@H]4CN5C(c4ccccc4)c4ccccc4)c(F)cc3C2=O)C(=O)N1. The number of fused-ring (bicyclic) bond motifs is 3. The van der Waals surface area contributed by atoms with Crippen molar-refractivity contribution in [2.45, 2.75) is 56.5 Å². The minimum atomic E-state index is -0.702. The molecular formula is C32H31FN4O3. The molecule has 8 heteroatoms. The zero-order chi connectivity index (χ0) is 27.4. The topological polar surface area (TPSA) is 73.0 Å². The lowest BCUT2D eigenvalue weighted by atomic mass is 9.96. The molecule has 4 aliphatic heterocycles. The van der Waals surface area contributed by atoms with Gasteiger partial charge in [-0.15, -0.1) is 0 Å². The van der Waals surface area contributed by atoms with Crippen LogP contribution in [0, 0.1) is 5.82 Å². The number of amides is 3. The molecule has 3 fully saturated rings. The standard InChI is InChI=1S/C32H31FN4O3/c33-27-15-26-22(17-37(32(26)40)28-11-12-29(38)34-31(28)39)13-23(27)16-35-18-25-14-24(35)19-36(25)30(20-7-3-1-4-8-20)21-9-5-2-6-10-21/h1-10,13,15,24-25,28,30H,11-12,14,16-19H2,(H,34,38,39)/t24-,25-,28?/m1/s1. The summed E-state index contributed by atoms with van der Waals surface area (Å²) in [5.41, 5.74) is 4.20. The second-order valence-corrected chi connectivity index (χ2v) is 11.4. The Bertz CT molecular complexity index is 1440. The summed E-state index contributed by atoms with van der Waals surface area (Å²) < 4.78 is 15.3. The molecule has 7 rings (SSSR count). The predicted octanol–water partition coefficient (Wildman–Crippen LogP) is 3.63. The van der Waals surface area contributed by atoms with Gasteiger partial charge in [-0.3, -0.25) is 29.5 Å². The summed E-state index contributed by atoms with van der Waals surface area (Å²) in [6.45, 7) is 2.51. The molecule has 40 heavy (non-hydrogen) atoms. The molecule has 0 aromatic heterocycles. The maximum absolute atomic E-state index is 15.3. The van der Waals surface area contributed by atoms with Crippen LogP contribution >= 0.6 is 0 Å². The van der Waals surface area contributed by atoms with E-state index in [-0.39, 0.29) is 36.6 Å². The smallest absolute Gasteiger partial charge is 0.255 e. The number of benzene rings is 3. The lowest BCUT2D eigenvalue weighted by Gasteiger charge is -2.39. The molecule has 7 nitrogen and oxygen atoms in total. The number of nitrogens with zero attached hydrogens (tertiary/aromatic N) is 3. The van der Waals surface area contributed by atoms with Crippen LogP contribution in [0.25, 0.3) is 0 Å². The Labute approximate surface area is 232 Å². The summed E-state index contributed by atoms with van der Waals surface area (Å²) in [4.78, 5) is 43.4. The average molecular weight is 539 g/mol. The van der Waals surface area contributed by atoms with E-state index in [1.54, 1.807) is 6.07 Å². The summed E-state index contributed by atoms with van der Waals surface area (Å²) in [5, 5.41) is 2.32. The number of hydrogen-bond donors (Lipinski definition) is 1. The van der Waals surface area contributed by atoms with Crippen molar-refractivity contribution in [3.8, 4) is 0 Å². The van der Waals surface area contributed by atoms with Crippen LogP contribution in [-0.4, -0.2) is 63.6 Å². The van der Waals surface area contributed by atoms with E-state index in [1.807, 2.05) is 12.1 Å². The molecule has 3 aromatic carbocycles. The van der Waals surface area contributed by atoms with Crippen molar-refractivity contribution >= 4 is 17.7 Å². The molecule has 2 bridgehead atoms. The normalized spacial score (nSPS) is 24.7. The Balaban J connectivity index is 1.07. The summed E-state index contributed by atoms with van der Waals surface area (Å²) in [7, 11) is 0. The average Bonchev–Trinajstić information content (AvgIpc) is 3.64. The highest BCUT2D eigenvalue weighted by Gasteiger charge is 2.46. The van der Waals surface area contributed by atoms with Crippen LogP contribution in [0.1, 0.15) is 57.9 Å². The molecule has 3 aromatic rings. The molecule has 1 N–H and O–H groups in total. The zero-order valence-electron chi connectivity index (χ0n) is 22.1. The lowest BCUT2D eigenvalue weighted by Crippen LogP contribution is -2.52. The number of imide groups is 1. The van der Waals surface area contributed by atoms with Crippen LogP contribution in [-0.2, 0) is 22.7 Å². The summed E-state index contributed by atoms with van der Waals surface area (Å²) in [5.74, 6) is -1.52. The zero-order valence-corrected chi connectivity index (χ0v) is 22.1. The van der Waals surface area contributed by atoms with Gasteiger partial charge in [0.25, 0.3) is 5.91 Å². The van der Waals surface area contributed by atoms with Crippen LogP contribution in [0.15, 0.2) is 72.8 Å². The number of piperidine rings is 1. The fourth-order valence-corrected chi connectivity index (χ4v) is 7.12. The first-order valence-corrected chi connectivity index (χ1v) is 14.0. The molecule has 0 spiro atoms. The Hall–Kier alpha value is -3.88. The van der Waals surface area contributed by atoms with Crippen molar-refractivity contribution in [1.82, 2.24) is 20.0 Å². The number of halogens is 1. The molecule has 0 saturated carbocycles. The Morgan fingerprint density at radius 3 is 2.23 bits per heavy atom. The van der Waals surface area contributed by atoms with Gasteiger partial charge in [0.05, 0.1) is 6.04 Å². The van der Waals surface area contributed by atoms with Gasteiger partial charge in [0.1, 0.15) is 11.9 Å². The third-order valence-electron chi connectivity index (χ3n) is 9.02. The maximum Gasteiger partial charge on any atom is 0.255 e. The highest BCUT2D eigenvalue weighted by Crippen LogP contribution is 2.41. The Morgan fingerprint density at radius 1 is 0.900 bits per heavy atom. The van der Waals surface area contributed by atoms with Gasteiger partial charge in [0.15, 0.2) is 0 Å². The summed E-state index contributed by atoms with van der Waals surface area (Å²) in [6, 6.07) is 24.6. The molecule has 3 amide bonds. The highest BCUT2D eigenvalue weighted by molar-refractivity contribution is 6.05. The predicted molar refractivity (Wildman–Crippen MR) is 146 cm³/mol. The van der Waals surface area contributed by atoms with E-state index in [0.717, 1.165) is 25.1 Å². The van der Waals surface area contributed by atoms with Crippen LogP contribution in [0.3, 0.4) is 0 Å². The van der Waals surface area contributed by atoms with E-state index in [4.69, 9.17) is 0 Å². The minimum Gasteiger partial charge on any atom is -0.322 e. The molecule has 0 radical (unpaired) electrons. The van der Waals surface area contributed by atoms with E-state index in [1.165, 1.54) is 22.1 Å². The van der Waals surface area contributed by atoms with Gasteiger partial charge in [0, 0.05) is 55.8 Å². The molecule has 4 heterocycles. The van der Waals surface area contributed by atoms with Crippen molar-refractivity contribution in [2.75, 3.05) is 13.1 Å². The monoisotopic (exact) mass is 538 g/mol. The molecular weight excluding hydrogens is 507 g/mol. The molecule has 1 unspecified atom stereocenters. The van der Waals surface area contributed by atoms with Crippen LogP contribution < -0.4 is 5.32 Å². The first-order chi connectivity index (χ1) is 19.5. The number of hydrogen-bond acceptors (Lipinski definition) is 5. The first kappa shape index (κ1) is 25.1. The summed E-state index contributed by atoms with van der Waals surface area (Å²) >= 11 is 0. The van der Waals surface area contributed by atoms with Gasteiger partial charge in [0.2, 0.25) is 11.8 Å². The van der Waals surface area contributed by atoms with E-state index in [2.05, 4.69) is 63.6 Å². The van der Waals surface area contributed by atoms with E-state index < -0.39 is 11.9 Å². The molecule has 4 aliphatic rings. The van der Waals surface area contributed by atoms with Crippen molar-refractivity contribution < 1.29 is 18.8 Å². The van der Waals surface area contributed by atoms with Crippen molar-refractivity contribution in [3.05, 3.63) is 106 Å². The number of piperazine rings is 1. The van der Waals surface area contributed by atoms with Crippen LogP contribution in [0.5, 0.6) is 0 Å². The van der Waals surface area contributed by atoms with E-state index >= 15 is 4.39 Å². The quantitative estimate of drug-likeness (QED) is 0.486. The van der Waals surface area contributed by atoms with Crippen LogP contribution in [0.4, 0.5) is 4.39 Å². The second kappa shape index (κ2) is 9.94. The third kappa shape index (κ3) is 4.32. The largest absolute Gasteiger partial charge is 0.322 e. The Kier molecular flexibility index (Phi) is 6.24. The number of carbonyl (C=O) groups is 3. The van der Waals surface area contributed by atoms with Gasteiger partial charge in [-0.05, 0) is 41.7 Å². The van der Waals surface area contributed by atoms with Crippen molar-refractivity contribution in [2.24, 2.45) is 0 Å². The van der Waals surface area contributed by atoms with Gasteiger partial charge in [-0.1, -0.05) is 60.7 Å². The Morgan fingerprint density at radius 2 is 1.60 bits per heavy atom. The van der Waals surface area contributed by atoms with E-state index in [0.29, 0.717) is 36.2 Å². The van der Waals surface area contributed by atoms with Crippen molar-refractivity contribution in [1.29, 1.82) is 0 Å². The number of rotatable bonds is 6. The lowest BCUT2D eigenvalue weighted by molar-refractivity contribution is -0.136. The third-order valence-corrected chi connectivity index (χ3v) is 9.02. The van der Waals surface area contributed by atoms with Crippen molar-refractivity contribution in [3.63, 3.8) is 0 Å². The summed E-state index contributed by atoms with van der Waals surface area (Å²) in [6.07, 6.45) is 1.53. The number of carbonyl (C=O) groups excluding carboxylic acids is 3. The van der Waals surface area contributed by atoms with Crippen LogP contribution in [0.2, 0.25) is 0 Å². The second-order valence-electron chi connectivity index (χ2n) is 11.4. The number of nitrogens with one attached hydrogen (secondary N) is 1. The molecule has 0 aliphatic carbocycles.